The van der Waals surface area contributed by atoms with Gasteiger partial charge in [-0.3, -0.25) is 0 Å². The fourth-order valence-electron chi connectivity index (χ4n) is 2.05. The van der Waals surface area contributed by atoms with Crippen LogP contribution in [0.4, 0.5) is 0 Å². The lowest BCUT2D eigenvalue weighted by Crippen LogP contribution is -1.89. The summed E-state index contributed by atoms with van der Waals surface area (Å²) >= 11 is 0. The van der Waals surface area contributed by atoms with Gasteiger partial charge in [0.15, 0.2) is 0 Å². The second-order valence-electron chi connectivity index (χ2n) is 4.97. The molecule has 1 N–H and O–H groups in total. The maximum Gasteiger partial charge on any atom is 0.328 e. The van der Waals surface area contributed by atoms with Crippen LogP contribution in [0.15, 0.2) is 42.0 Å². The number of hydrogen-bond acceptors (Lipinski definition) is 2. The van der Waals surface area contributed by atoms with Gasteiger partial charge in [-0.1, -0.05) is 50.5 Å². The van der Waals surface area contributed by atoms with Gasteiger partial charge in [-0.05, 0) is 36.1 Å². The van der Waals surface area contributed by atoms with E-state index in [0.717, 1.165) is 29.7 Å². The van der Waals surface area contributed by atoms with Crippen LogP contribution in [0.3, 0.4) is 0 Å². The van der Waals surface area contributed by atoms with Crippen molar-refractivity contribution in [3.05, 3.63) is 47.6 Å². The van der Waals surface area contributed by atoms with Crippen molar-refractivity contribution in [3.63, 3.8) is 0 Å². The first kappa shape index (κ1) is 17.0. The first-order chi connectivity index (χ1) is 10.2. The fraction of sp³-hybridized carbons (Fsp3) is 0.389. The minimum Gasteiger partial charge on any atom is -0.497 e. The number of allylic oxidation sites excluding steroid dienone is 2. The first-order valence-electron chi connectivity index (χ1n) is 7.41. The smallest absolute Gasteiger partial charge is 0.328 e. The van der Waals surface area contributed by atoms with Gasteiger partial charge in [-0.25, -0.2) is 4.79 Å². The second kappa shape index (κ2) is 9.81. The van der Waals surface area contributed by atoms with Crippen molar-refractivity contribution in [2.45, 2.75) is 39.0 Å². The summed E-state index contributed by atoms with van der Waals surface area (Å²) in [5, 5.41) is 8.78. The Balaban J connectivity index is 2.76. The number of hydrogen-bond donors (Lipinski definition) is 1. The molecule has 1 aromatic carbocycles. The summed E-state index contributed by atoms with van der Waals surface area (Å²) in [6.07, 6.45) is 10.5. The van der Waals surface area contributed by atoms with E-state index in [2.05, 4.69) is 6.92 Å². The van der Waals surface area contributed by atoms with Gasteiger partial charge in [0.05, 0.1) is 7.11 Å². The number of unbranched alkanes of at least 4 members (excludes halogenated alkanes) is 3. The summed E-state index contributed by atoms with van der Waals surface area (Å²) in [4.78, 5) is 10.7. The Kier molecular flexibility index (Phi) is 7.95. The minimum absolute atomic E-state index is 0.817. The predicted molar refractivity (Wildman–Crippen MR) is 86.5 cm³/mol. The number of benzene rings is 1. The van der Waals surface area contributed by atoms with Crippen molar-refractivity contribution in [3.8, 4) is 5.75 Å². The Morgan fingerprint density at radius 1 is 1.14 bits per heavy atom. The lowest BCUT2D eigenvalue weighted by molar-refractivity contribution is -0.131. The van der Waals surface area contributed by atoms with Gasteiger partial charge in [-0.15, -0.1) is 0 Å². The van der Waals surface area contributed by atoms with E-state index in [1.54, 1.807) is 13.2 Å². The van der Waals surface area contributed by atoms with E-state index in [4.69, 9.17) is 9.84 Å². The van der Waals surface area contributed by atoms with Crippen molar-refractivity contribution in [2.24, 2.45) is 0 Å². The van der Waals surface area contributed by atoms with E-state index in [0.29, 0.717) is 0 Å². The molecule has 1 rings (SSSR count). The van der Waals surface area contributed by atoms with Gasteiger partial charge in [0.1, 0.15) is 5.75 Å². The molecular weight excluding hydrogens is 264 g/mol. The van der Waals surface area contributed by atoms with E-state index < -0.39 is 5.97 Å². The third-order valence-electron chi connectivity index (χ3n) is 3.23. The molecule has 0 aliphatic carbocycles. The normalized spacial score (nSPS) is 11.8. The molecule has 1 aromatic rings. The molecule has 0 aliphatic rings. The summed E-state index contributed by atoms with van der Waals surface area (Å²) in [5.41, 5.74) is 2.09. The van der Waals surface area contributed by atoms with Crippen LogP contribution in [0.5, 0.6) is 5.75 Å². The van der Waals surface area contributed by atoms with Crippen LogP contribution in [0.25, 0.3) is 6.08 Å². The van der Waals surface area contributed by atoms with E-state index in [-0.39, 0.29) is 0 Å². The number of carboxylic acids is 1. The zero-order valence-corrected chi connectivity index (χ0v) is 12.8. The Morgan fingerprint density at radius 2 is 1.86 bits per heavy atom. The molecular formula is C18H24O3. The Labute approximate surface area is 127 Å². The van der Waals surface area contributed by atoms with Gasteiger partial charge in [-0.2, -0.15) is 0 Å². The quantitative estimate of drug-likeness (QED) is 0.407. The summed E-state index contributed by atoms with van der Waals surface area (Å²) in [6, 6.07) is 7.75. The predicted octanol–water partition coefficient (Wildman–Crippen LogP) is 4.69. The molecule has 0 aromatic heterocycles. The molecule has 0 radical (unpaired) electrons. The summed E-state index contributed by atoms with van der Waals surface area (Å²) < 4.78 is 5.13. The van der Waals surface area contributed by atoms with E-state index in [1.807, 2.05) is 30.3 Å². The number of rotatable bonds is 9. The van der Waals surface area contributed by atoms with E-state index >= 15 is 0 Å². The van der Waals surface area contributed by atoms with Gasteiger partial charge in [0.2, 0.25) is 0 Å². The van der Waals surface area contributed by atoms with Crippen molar-refractivity contribution in [1.82, 2.24) is 0 Å². The van der Waals surface area contributed by atoms with Gasteiger partial charge >= 0.3 is 5.97 Å². The average Bonchev–Trinajstić information content (AvgIpc) is 2.49. The van der Waals surface area contributed by atoms with Crippen LogP contribution in [-0.2, 0) is 4.79 Å². The highest BCUT2D eigenvalue weighted by Crippen LogP contribution is 2.18. The van der Waals surface area contributed by atoms with Gasteiger partial charge in [0.25, 0.3) is 0 Å². The van der Waals surface area contributed by atoms with Crippen LogP contribution < -0.4 is 4.74 Å². The molecule has 0 amide bonds. The number of ether oxygens (including phenoxy) is 1. The van der Waals surface area contributed by atoms with Crippen LogP contribution in [0.1, 0.15) is 44.6 Å². The molecule has 0 saturated heterocycles. The monoisotopic (exact) mass is 288 g/mol. The molecule has 0 heterocycles. The third kappa shape index (κ3) is 7.35. The van der Waals surface area contributed by atoms with Crippen LogP contribution in [0.2, 0.25) is 0 Å². The largest absolute Gasteiger partial charge is 0.497 e. The fourth-order valence-corrected chi connectivity index (χ4v) is 2.05. The zero-order chi connectivity index (χ0) is 15.5. The molecule has 0 unspecified atom stereocenters. The molecule has 0 aliphatic heterocycles. The molecule has 0 atom stereocenters. The maximum absolute atomic E-state index is 10.7. The summed E-state index contributed by atoms with van der Waals surface area (Å²) in [5.74, 6) is -0.0955. The summed E-state index contributed by atoms with van der Waals surface area (Å²) in [7, 11) is 1.64. The topological polar surface area (TPSA) is 46.5 Å². The van der Waals surface area contributed by atoms with E-state index in [9.17, 15) is 4.79 Å². The molecule has 21 heavy (non-hydrogen) atoms. The molecule has 0 saturated carbocycles. The van der Waals surface area contributed by atoms with Crippen molar-refractivity contribution in [2.75, 3.05) is 7.11 Å². The second-order valence-corrected chi connectivity index (χ2v) is 4.97. The highest BCUT2D eigenvalue weighted by Gasteiger charge is 1.98. The van der Waals surface area contributed by atoms with Crippen LogP contribution in [0, 0.1) is 0 Å². The molecule has 0 fully saturated rings. The van der Waals surface area contributed by atoms with Crippen LogP contribution in [-0.4, -0.2) is 18.2 Å². The Bertz CT molecular complexity index is 484. The number of methoxy groups -OCH3 is 1. The van der Waals surface area contributed by atoms with Crippen LogP contribution >= 0.6 is 0 Å². The van der Waals surface area contributed by atoms with Gasteiger partial charge < -0.3 is 9.84 Å². The Hall–Kier alpha value is -2.03. The lowest BCUT2D eigenvalue weighted by Gasteiger charge is -2.04. The molecule has 3 nitrogen and oxygen atoms in total. The van der Waals surface area contributed by atoms with Crippen molar-refractivity contribution < 1.29 is 14.6 Å². The standard InChI is InChI=1S/C18H24O3/c1-3-4-5-6-7-15(10-13-18(19)20)14-16-8-11-17(21-2)12-9-16/h8-14H,3-7H2,1-2H3,(H,19,20). The highest BCUT2D eigenvalue weighted by atomic mass is 16.5. The first-order valence-corrected chi connectivity index (χ1v) is 7.41. The third-order valence-corrected chi connectivity index (χ3v) is 3.23. The molecule has 0 bridgehead atoms. The zero-order valence-electron chi connectivity index (χ0n) is 12.8. The highest BCUT2D eigenvalue weighted by molar-refractivity contribution is 5.80. The molecule has 3 heteroatoms. The Morgan fingerprint density at radius 3 is 2.43 bits per heavy atom. The lowest BCUT2D eigenvalue weighted by atomic mass is 10.0. The number of carbonyl (C=O) groups is 1. The molecule has 0 spiro atoms. The SMILES string of the molecule is CCCCCCC(C=CC(=O)O)=Cc1ccc(OC)cc1. The molecule has 114 valence electrons. The van der Waals surface area contributed by atoms with Crippen molar-refractivity contribution >= 4 is 12.0 Å². The number of carboxylic acid groups (broad SMARTS) is 1. The van der Waals surface area contributed by atoms with Crippen molar-refractivity contribution in [1.29, 1.82) is 0 Å². The maximum atomic E-state index is 10.7. The van der Waals surface area contributed by atoms with Gasteiger partial charge in [0, 0.05) is 6.08 Å². The number of aliphatic carboxylic acids is 1. The van der Waals surface area contributed by atoms with E-state index in [1.165, 1.54) is 25.3 Å². The average molecular weight is 288 g/mol. The summed E-state index contributed by atoms with van der Waals surface area (Å²) in [6.45, 7) is 2.18. The minimum atomic E-state index is -0.913.